The number of nitrogens with one attached hydrogen (secondary N) is 1. The number of carbonyl (C=O) groups is 1. The largest absolute Gasteiger partial charge is 0.298 e. The van der Waals surface area contributed by atoms with Crippen LogP contribution in [-0.2, 0) is 6.42 Å². The van der Waals surface area contributed by atoms with E-state index >= 15 is 0 Å². The van der Waals surface area contributed by atoms with Crippen molar-refractivity contribution < 1.29 is 4.79 Å². The fourth-order valence-electron chi connectivity index (χ4n) is 3.59. The van der Waals surface area contributed by atoms with Crippen molar-refractivity contribution in [2.45, 2.75) is 6.42 Å². The molecule has 0 fully saturated rings. The molecule has 0 unspecified atom stereocenters. The molecule has 0 aliphatic heterocycles. The number of hydrogen-bond donors (Lipinski definition) is 1. The molecule has 0 bridgehead atoms. The second kappa shape index (κ2) is 8.54. The first-order valence-corrected chi connectivity index (χ1v) is 11.0. The van der Waals surface area contributed by atoms with Crippen LogP contribution in [0.25, 0.3) is 22.0 Å². The van der Waals surface area contributed by atoms with Crippen molar-refractivity contribution in [3.8, 4) is 11.3 Å². The van der Waals surface area contributed by atoms with Crippen molar-refractivity contribution in [3.05, 3.63) is 119 Å². The predicted molar refractivity (Wildman–Crippen MR) is 129 cm³/mol. The van der Waals surface area contributed by atoms with Crippen LogP contribution < -0.4 is 5.32 Å². The summed E-state index contributed by atoms with van der Waals surface area (Å²) in [5.41, 5.74) is 4.96. The van der Waals surface area contributed by atoms with E-state index in [1.165, 1.54) is 33.2 Å². The van der Waals surface area contributed by atoms with Crippen LogP contribution in [0.4, 0.5) is 5.13 Å². The number of benzene rings is 4. The molecule has 31 heavy (non-hydrogen) atoms. The predicted octanol–water partition coefficient (Wildman–Crippen LogP) is 6.81. The van der Waals surface area contributed by atoms with Crippen molar-refractivity contribution in [1.82, 2.24) is 4.98 Å². The topological polar surface area (TPSA) is 42.0 Å². The van der Waals surface area contributed by atoms with E-state index in [0.29, 0.717) is 10.7 Å². The lowest BCUT2D eigenvalue weighted by Crippen LogP contribution is -2.11. The standard InChI is InChI=1S/C27H20N2OS/c30-26(22-12-10-20(11-13-22)16-19-6-2-1-3-7-19)29-27-28-25(18-31-27)24-15-14-21-8-4-5-9-23(21)17-24/h1-15,17-18H,16H2,(H,28,29,30). The second-order valence-electron chi connectivity index (χ2n) is 7.41. The molecule has 1 aromatic heterocycles. The summed E-state index contributed by atoms with van der Waals surface area (Å²) in [4.78, 5) is 17.3. The maximum absolute atomic E-state index is 12.7. The minimum atomic E-state index is -0.148. The minimum Gasteiger partial charge on any atom is -0.298 e. The van der Waals surface area contributed by atoms with Crippen molar-refractivity contribution in [2.24, 2.45) is 0 Å². The van der Waals surface area contributed by atoms with Crippen molar-refractivity contribution in [3.63, 3.8) is 0 Å². The number of nitrogens with zero attached hydrogens (tertiary/aromatic N) is 1. The summed E-state index contributed by atoms with van der Waals surface area (Å²) in [6, 6.07) is 32.6. The van der Waals surface area contributed by atoms with Crippen LogP contribution in [0.5, 0.6) is 0 Å². The van der Waals surface area contributed by atoms with E-state index in [2.05, 4.69) is 52.8 Å². The molecule has 4 aromatic carbocycles. The SMILES string of the molecule is O=C(Nc1nc(-c2ccc3ccccc3c2)cs1)c1ccc(Cc2ccccc2)cc1. The second-order valence-corrected chi connectivity index (χ2v) is 8.27. The van der Waals surface area contributed by atoms with Gasteiger partial charge in [0.05, 0.1) is 5.69 Å². The highest BCUT2D eigenvalue weighted by Gasteiger charge is 2.11. The summed E-state index contributed by atoms with van der Waals surface area (Å²) in [5.74, 6) is -0.148. The summed E-state index contributed by atoms with van der Waals surface area (Å²) >= 11 is 1.43. The van der Waals surface area contributed by atoms with Gasteiger partial charge in [0.1, 0.15) is 0 Å². The first-order chi connectivity index (χ1) is 15.2. The first kappa shape index (κ1) is 19.2. The van der Waals surface area contributed by atoms with E-state index in [1.807, 2.05) is 60.0 Å². The van der Waals surface area contributed by atoms with Gasteiger partial charge in [-0.05, 0) is 46.5 Å². The van der Waals surface area contributed by atoms with Gasteiger partial charge < -0.3 is 0 Å². The first-order valence-electron chi connectivity index (χ1n) is 10.1. The lowest BCUT2D eigenvalue weighted by molar-refractivity contribution is 0.102. The molecule has 1 N–H and O–H groups in total. The number of anilines is 1. The summed E-state index contributed by atoms with van der Waals surface area (Å²) in [7, 11) is 0. The van der Waals surface area contributed by atoms with Gasteiger partial charge in [-0.3, -0.25) is 10.1 Å². The van der Waals surface area contributed by atoms with Gasteiger partial charge in [-0.25, -0.2) is 4.98 Å². The zero-order valence-electron chi connectivity index (χ0n) is 16.8. The number of thiazole rings is 1. The van der Waals surface area contributed by atoms with Crippen LogP contribution in [0.3, 0.4) is 0 Å². The zero-order valence-corrected chi connectivity index (χ0v) is 17.6. The van der Waals surface area contributed by atoms with E-state index < -0.39 is 0 Å². The molecule has 3 nitrogen and oxygen atoms in total. The van der Waals surface area contributed by atoms with Crippen LogP contribution in [0.1, 0.15) is 21.5 Å². The van der Waals surface area contributed by atoms with Gasteiger partial charge in [-0.2, -0.15) is 0 Å². The molecule has 0 aliphatic rings. The van der Waals surface area contributed by atoms with E-state index in [9.17, 15) is 4.79 Å². The lowest BCUT2D eigenvalue weighted by atomic mass is 10.0. The van der Waals surface area contributed by atoms with Crippen molar-refractivity contribution in [2.75, 3.05) is 5.32 Å². The number of hydrogen-bond acceptors (Lipinski definition) is 3. The maximum atomic E-state index is 12.7. The molecule has 0 radical (unpaired) electrons. The Hall–Kier alpha value is -3.76. The molecular weight excluding hydrogens is 400 g/mol. The Morgan fingerprint density at radius 2 is 1.48 bits per heavy atom. The number of aromatic nitrogens is 1. The van der Waals surface area contributed by atoms with Crippen molar-refractivity contribution >= 4 is 33.1 Å². The highest BCUT2D eigenvalue weighted by atomic mass is 32.1. The number of carbonyl (C=O) groups excluding carboxylic acids is 1. The van der Waals surface area contributed by atoms with Crippen LogP contribution in [-0.4, -0.2) is 10.9 Å². The van der Waals surface area contributed by atoms with E-state index in [1.54, 1.807) is 0 Å². The molecule has 1 amide bonds. The van der Waals surface area contributed by atoms with Gasteiger partial charge in [-0.15, -0.1) is 11.3 Å². The number of fused-ring (bicyclic) bond motifs is 1. The van der Waals surface area contributed by atoms with Crippen LogP contribution in [0, 0.1) is 0 Å². The van der Waals surface area contributed by atoms with E-state index in [0.717, 1.165) is 17.7 Å². The Morgan fingerprint density at radius 3 is 2.29 bits per heavy atom. The molecule has 0 spiro atoms. The molecule has 1 heterocycles. The third-order valence-electron chi connectivity index (χ3n) is 5.24. The fraction of sp³-hybridized carbons (Fsp3) is 0.0370. The number of rotatable bonds is 5. The van der Waals surface area contributed by atoms with Crippen LogP contribution in [0.2, 0.25) is 0 Å². The maximum Gasteiger partial charge on any atom is 0.257 e. The number of amides is 1. The third-order valence-corrected chi connectivity index (χ3v) is 5.99. The molecule has 0 atom stereocenters. The molecule has 0 saturated carbocycles. The monoisotopic (exact) mass is 420 g/mol. The van der Waals surface area contributed by atoms with E-state index in [-0.39, 0.29) is 5.91 Å². The van der Waals surface area contributed by atoms with Gasteiger partial charge in [0, 0.05) is 16.5 Å². The Labute approximate surface area is 185 Å². The Morgan fingerprint density at radius 1 is 0.774 bits per heavy atom. The molecule has 0 aliphatic carbocycles. The summed E-state index contributed by atoms with van der Waals surface area (Å²) in [6.45, 7) is 0. The quantitative estimate of drug-likeness (QED) is 0.339. The molecule has 0 saturated heterocycles. The average Bonchev–Trinajstić information content (AvgIpc) is 3.28. The summed E-state index contributed by atoms with van der Waals surface area (Å²) in [6.07, 6.45) is 0.852. The third kappa shape index (κ3) is 4.39. The van der Waals surface area contributed by atoms with E-state index in [4.69, 9.17) is 0 Å². The van der Waals surface area contributed by atoms with Crippen molar-refractivity contribution in [1.29, 1.82) is 0 Å². The van der Waals surface area contributed by atoms with Gasteiger partial charge >= 0.3 is 0 Å². The Balaban J connectivity index is 1.28. The summed E-state index contributed by atoms with van der Waals surface area (Å²) < 4.78 is 0. The van der Waals surface area contributed by atoms with Crippen LogP contribution >= 0.6 is 11.3 Å². The Kier molecular flexibility index (Phi) is 5.29. The molecular formula is C27H20N2OS. The minimum absolute atomic E-state index is 0.148. The smallest absolute Gasteiger partial charge is 0.257 e. The Bertz CT molecular complexity index is 1340. The molecule has 5 aromatic rings. The highest BCUT2D eigenvalue weighted by Crippen LogP contribution is 2.28. The van der Waals surface area contributed by atoms with Gasteiger partial charge in [0.25, 0.3) is 5.91 Å². The normalized spacial score (nSPS) is 10.8. The summed E-state index contributed by atoms with van der Waals surface area (Å²) in [5, 5.41) is 7.87. The van der Waals surface area contributed by atoms with Gasteiger partial charge in [0.2, 0.25) is 0 Å². The zero-order chi connectivity index (χ0) is 21.0. The average molecular weight is 421 g/mol. The molecule has 4 heteroatoms. The van der Waals surface area contributed by atoms with Gasteiger partial charge in [-0.1, -0.05) is 78.9 Å². The molecule has 5 rings (SSSR count). The fourth-order valence-corrected chi connectivity index (χ4v) is 4.30. The van der Waals surface area contributed by atoms with Crippen LogP contribution in [0.15, 0.2) is 102 Å². The highest BCUT2D eigenvalue weighted by molar-refractivity contribution is 7.14. The van der Waals surface area contributed by atoms with Gasteiger partial charge in [0.15, 0.2) is 5.13 Å². The lowest BCUT2D eigenvalue weighted by Gasteiger charge is -2.05. The molecule has 150 valence electrons.